The summed E-state index contributed by atoms with van der Waals surface area (Å²) in [4.78, 5) is 25.1. The Hall–Kier alpha value is -1.26. The van der Waals surface area contributed by atoms with Gasteiger partial charge in [-0.1, -0.05) is 20.8 Å². The highest BCUT2D eigenvalue weighted by molar-refractivity contribution is 5.73. The van der Waals surface area contributed by atoms with Crippen molar-refractivity contribution in [2.24, 2.45) is 11.3 Å². The number of carbonyl (C=O) groups is 2. The molecule has 0 saturated carbocycles. The van der Waals surface area contributed by atoms with Crippen molar-refractivity contribution in [3.05, 3.63) is 0 Å². The number of piperidine rings is 1. The molecule has 1 saturated heterocycles. The molecular weight excluding hydrogens is 258 g/mol. The fourth-order valence-electron chi connectivity index (χ4n) is 2.60. The van der Waals surface area contributed by atoms with Gasteiger partial charge in [0.1, 0.15) is 5.60 Å². The van der Waals surface area contributed by atoms with E-state index in [-0.39, 0.29) is 18.0 Å². The summed E-state index contributed by atoms with van der Waals surface area (Å²) >= 11 is 0. The second-order valence-corrected chi connectivity index (χ2v) is 7.63. The average Bonchev–Trinajstić information content (AvgIpc) is 2.24. The molecule has 1 aliphatic heterocycles. The Morgan fingerprint density at radius 1 is 1.10 bits per heavy atom. The summed E-state index contributed by atoms with van der Waals surface area (Å²) in [5, 5.41) is 9.18. The molecule has 1 amide bonds. The van der Waals surface area contributed by atoms with Crippen molar-refractivity contribution in [3.8, 4) is 0 Å². The molecule has 1 rings (SSSR count). The molecule has 1 fully saturated rings. The number of likely N-dealkylation sites (tertiary alicyclic amines) is 1. The van der Waals surface area contributed by atoms with Crippen LogP contribution in [0.2, 0.25) is 0 Å². The molecule has 0 aromatic rings. The van der Waals surface area contributed by atoms with Crippen molar-refractivity contribution in [3.63, 3.8) is 0 Å². The predicted molar refractivity (Wildman–Crippen MR) is 76.5 cm³/mol. The van der Waals surface area contributed by atoms with E-state index >= 15 is 0 Å². The van der Waals surface area contributed by atoms with Gasteiger partial charge in [-0.2, -0.15) is 0 Å². The number of hydrogen-bond acceptors (Lipinski definition) is 3. The summed E-state index contributed by atoms with van der Waals surface area (Å²) in [6.07, 6.45) is 0.888. The topological polar surface area (TPSA) is 66.8 Å². The predicted octanol–water partition coefficient (Wildman–Crippen LogP) is 3.13. The first-order chi connectivity index (χ1) is 8.92. The number of rotatable bonds is 1. The minimum atomic E-state index is -0.842. The molecule has 0 bridgehead atoms. The first kappa shape index (κ1) is 16.8. The monoisotopic (exact) mass is 285 g/mol. The second-order valence-electron chi connectivity index (χ2n) is 7.63. The van der Waals surface area contributed by atoms with Crippen LogP contribution in [0.15, 0.2) is 0 Å². The standard InChI is InChI=1S/C15H27NO4/c1-14(2,3)11-8-7-10(12(17)18)9-16(11)13(19)20-15(4,5)6/h10-11H,7-9H2,1-6H3,(H,17,18). The Bertz CT molecular complexity index is 378. The fourth-order valence-corrected chi connectivity index (χ4v) is 2.60. The number of carbonyl (C=O) groups excluding carboxylic acids is 1. The summed E-state index contributed by atoms with van der Waals surface area (Å²) < 4.78 is 5.42. The lowest BCUT2D eigenvalue weighted by molar-refractivity contribution is -0.144. The molecular formula is C15H27NO4. The third-order valence-corrected chi connectivity index (χ3v) is 3.56. The lowest BCUT2D eigenvalue weighted by atomic mass is 9.78. The van der Waals surface area contributed by atoms with E-state index in [2.05, 4.69) is 20.8 Å². The van der Waals surface area contributed by atoms with Gasteiger partial charge in [0.25, 0.3) is 0 Å². The van der Waals surface area contributed by atoms with E-state index in [0.29, 0.717) is 12.8 Å². The Balaban J connectivity index is 2.92. The highest BCUT2D eigenvalue weighted by atomic mass is 16.6. The number of amides is 1. The summed E-state index contributed by atoms with van der Waals surface area (Å²) in [7, 11) is 0. The van der Waals surface area contributed by atoms with Gasteiger partial charge in [-0.05, 0) is 39.0 Å². The zero-order chi connectivity index (χ0) is 15.7. The van der Waals surface area contributed by atoms with Gasteiger partial charge in [-0.3, -0.25) is 4.79 Å². The Labute approximate surface area is 121 Å². The van der Waals surface area contributed by atoms with Crippen molar-refractivity contribution < 1.29 is 19.4 Å². The highest BCUT2D eigenvalue weighted by Crippen LogP contribution is 2.34. The maximum absolute atomic E-state index is 12.3. The first-order valence-corrected chi connectivity index (χ1v) is 7.14. The lowest BCUT2D eigenvalue weighted by Crippen LogP contribution is -2.54. The molecule has 0 radical (unpaired) electrons. The lowest BCUT2D eigenvalue weighted by Gasteiger charge is -2.45. The second kappa shape index (κ2) is 5.62. The molecule has 0 spiro atoms. The van der Waals surface area contributed by atoms with Gasteiger partial charge in [-0.25, -0.2) is 4.79 Å². The van der Waals surface area contributed by atoms with Gasteiger partial charge in [0, 0.05) is 12.6 Å². The zero-order valence-electron chi connectivity index (χ0n) is 13.4. The van der Waals surface area contributed by atoms with E-state index in [1.807, 2.05) is 20.8 Å². The van der Waals surface area contributed by atoms with Crippen LogP contribution in [0.3, 0.4) is 0 Å². The third kappa shape index (κ3) is 4.39. The third-order valence-electron chi connectivity index (χ3n) is 3.56. The number of carboxylic acid groups (broad SMARTS) is 1. The summed E-state index contributed by atoms with van der Waals surface area (Å²) in [6.45, 7) is 11.9. The normalized spacial score (nSPS) is 24.4. The van der Waals surface area contributed by atoms with Crippen LogP contribution in [-0.4, -0.2) is 40.3 Å². The minimum absolute atomic E-state index is 0.00736. The van der Waals surface area contributed by atoms with Crippen LogP contribution >= 0.6 is 0 Å². The first-order valence-electron chi connectivity index (χ1n) is 7.14. The molecule has 5 heteroatoms. The van der Waals surface area contributed by atoms with Crippen molar-refractivity contribution >= 4 is 12.1 Å². The Morgan fingerprint density at radius 2 is 1.65 bits per heavy atom. The Kier molecular flexibility index (Phi) is 4.72. The van der Waals surface area contributed by atoms with Crippen LogP contribution in [0.4, 0.5) is 4.79 Å². The van der Waals surface area contributed by atoms with E-state index in [4.69, 9.17) is 4.74 Å². The smallest absolute Gasteiger partial charge is 0.410 e. The molecule has 1 N–H and O–H groups in total. The van der Waals surface area contributed by atoms with E-state index in [0.717, 1.165) is 0 Å². The van der Waals surface area contributed by atoms with Crippen LogP contribution in [0, 0.1) is 11.3 Å². The van der Waals surface area contributed by atoms with E-state index in [1.54, 1.807) is 4.90 Å². The number of nitrogens with zero attached hydrogens (tertiary/aromatic N) is 1. The Morgan fingerprint density at radius 3 is 2.05 bits per heavy atom. The maximum atomic E-state index is 12.3. The molecule has 0 aliphatic carbocycles. The SMILES string of the molecule is CC(C)(C)OC(=O)N1CC(C(=O)O)CCC1C(C)(C)C. The average molecular weight is 285 g/mol. The summed E-state index contributed by atoms with van der Waals surface area (Å²) in [5.41, 5.74) is -0.671. The molecule has 116 valence electrons. The van der Waals surface area contributed by atoms with Gasteiger partial charge in [0.2, 0.25) is 0 Å². The molecule has 1 aliphatic rings. The minimum Gasteiger partial charge on any atom is -0.481 e. The molecule has 2 atom stereocenters. The number of hydrogen-bond donors (Lipinski definition) is 1. The molecule has 1 heterocycles. The van der Waals surface area contributed by atoms with Crippen molar-refractivity contribution in [1.82, 2.24) is 4.90 Å². The van der Waals surface area contributed by atoms with Crippen molar-refractivity contribution in [1.29, 1.82) is 0 Å². The number of aliphatic carboxylic acids is 1. The van der Waals surface area contributed by atoms with Crippen LogP contribution in [0.1, 0.15) is 54.4 Å². The van der Waals surface area contributed by atoms with Gasteiger partial charge >= 0.3 is 12.1 Å². The number of ether oxygens (including phenoxy) is 1. The van der Waals surface area contributed by atoms with Crippen LogP contribution in [0.25, 0.3) is 0 Å². The number of carboxylic acids is 1. The quantitative estimate of drug-likeness (QED) is 0.803. The molecule has 0 aromatic heterocycles. The van der Waals surface area contributed by atoms with E-state index in [9.17, 15) is 14.7 Å². The highest BCUT2D eigenvalue weighted by Gasteiger charge is 2.41. The van der Waals surface area contributed by atoms with Gasteiger partial charge in [-0.15, -0.1) is 0 Å². The van der Waals surface area contributed by atoms with Crippen molar-refractivity contribution in [2.75, 3.05) is 6.54 Å². The van der Waals surface area contributed by atoms with Crippen molar-refractivity contribution in [2.45, 2.75) is 66.0 Å². The van der Waals surface area contributed by atoms with E-state index < -0.39 is 23.6 Å². The molecule has 5 nitrogen and oxygen atoms in total. The zero-order valence-corrected chi connectivity index (χ0v) is 13.4. The van der Waals surface area contributed by atoms with Crippen LogP contribution in [0.5, 0.6) is 0 Å². The largest absolute Gasteiger partial charge is 0.481 e. The van der Waals surface area contributed by atoms with Gasteiger partial charge < -0.3 is 14.7 Å². The van der Waals surface area contributed by atoms with Crippen LogP contribution in [-0.2, 0) is 9.53 Å². The fraction of sp³-hybridized carbons (Fsp3) is 0.867. The molecule has 20 heavy (non-hydrogen) atoms. The molecule has 2 unspecified atom stereocenters. The van der Waals surface area contributed by atoms with Crippen LogP contribution < -0.4 is 0 Å². The molecule has 0 aromatic carbocycles. The summed E-state index contributed by atoms with van der Waals surface area (Å²) in [6, 6.07) is 0.00736. The summed E-state index contributed by atoms with van der Waals surface area (Å²) in [5.74, 6) is -1.34. The van der Waals surface area contributed by atoms with E-state index in [1.165, 1.54) is 0 Å². The van der Waals surface area contributed by atoms with Gasteiger partial charge in [0.15, 0.2) is 0 Å². The maximum Gasteiger partial charge on any atom is 0.410 e. The van der Waals surface area contributed by atoms with Gasteiger partial charge in [0.05, 0.1) is 5.92 Å².